The summed E-state index contributed by atoms with van der Waals surface area (Å²) >= 11 is 0. The van der Waals surface area contributed by atoms with E-state index in [1.54, 1.807) is 17.1 Å². The molecule has 0 unspecified atom stereocenters. The van der Waals surface area contributed by atoms with Crippen molar-refractivity contribution in [3.8, 4) is 5.69 Å². The second kappa shape index (κ2) is 10.4. The van der Waals surface area contributed by atoms with Gasteiger partial charge in [-0.1, -0.05) is 26.8 Å². The summed E-state index contributed by atoms with van der Waals surface area (Å²) in [6.07, 6.45) is 4.10. The molecule has 2 N–H and O–H groups in total. The van der Waals surface area contributed by atoms with Crippen molar-refractivity contribution >= 4 is 32.7 Å². The molecule has 0 saturated heterocycles. The number of hydrogen-bond acceptors (Lipinski definition) is 8. The Bertz CT molecular complexity index is 1730. The number of fused-ring (bicyclic) bond motifs is 2. The zero-order valence-electron chi connectivity index (χ0n) is 23.8. The van der Waals surface area contributed by atoms with Gasteiger partial charge in [-0.25, -0.2) is 27.5 Å². The number of pyridine rings is 1. The maximum Gasteiger partial charge on any atom is 0.278 e. The number of nitrogens with zero attached hydrogens (tertiary/aromatic N) is 6. The molecule has 0 spiro atoms. The number of nitrogens with one attached hydrogen (secondary N) is 2. The van der Waals surface area contributed by atoms with E-state index in [-0.39, 0.29) is 22.9 Å². The first-order valence-corrected chi connectivity index (χ1v) is 15.0. The lowest BCUT2D eigenvalue weighted by Crippen LogP contribution is -2.38. The molecular formula is C28H36N8O3S. The smallest absolute Gasteiger partial charge is 0.278 e. The largest absolute Gasteiger partial charge is 0.324 e. The van der Waals surface area contributed by atoms with Gasteiger partial charge < -0.3 is 5.32 Å². The first-order valence-electron chi connectivity index (χ1n) is 13.4. The first kappa shape index (κ1) is 27.9. The number of aromatic nitrogens is 5. The topological polar surface area (TPSA) is 127 Å². The number of anilines is 2. The van der Waals surface area contributed by atoms with Crippen molar-refractivity contribution in [2.75, 3.05) is 24.8 Å². The highest BCUT2D eigenvalue weighted by Crippen LogP contribution is 2.27. The zero-order valence-corrected chi connectivity index (χ0v) is 24.6. The highest BCUT2D eigenvalue weighted by molar-refractivity contribution is 7.89. The summed E-state index contributed by atoms with van der Waals surface area (Å²) in [5.74, 6) is 0.314. The van der Waals surface area contributed by atoms with Crippen LogP contribution in [0.3, 0.4) is 0 Å². The van der Waals surface area contributed by atoms with Gasteiger partial charge in [-0.15, -0.1) is 0 Å². The molecule has 5 rings (SSSR count). The Labute approximate surface area is 234 Å². The van der Waals surface area contributed by atoms with Crippen molar-refractivity contribution in [1.82, 2.24) is 33.9 Å². The van der Waals surface area contributed by atoms with Crippen LogP contribution in [0.4, 0.5) is 11.6 Å². The minimum atomic E-state index is -3.34. The van der Waals surface area contributed by atoms with Crippen LogP contribution in [0.25, 0.3) is 16.7 Å². The van der Waals surface area contributed by atoms with E-state index in [1.165, 1.54) is 12.6 Å². The Morgan fingerprint density at radius 3 is 2.55 bits per heavy atom. The molecule has 4 aromatic rings. The molecule has 11 nitrogen and oxygen atoms in total. The Hall–Kier alpha value is -3.61. The molecule has 4 heterocycles. The molecule has 3 aromatic heterocycles. The van der Waals surface area contributed by atoms with Crippen molar-refractivity contribution in [2.24, 2.45) is 0 Å². The van der Waals surface area contributed by atoms with E-state index in [0.717, 1.165) is 29.1 Å². The van der Waals surface area contributed by atoms with Crippen LogP contribution in [0, 0.1) is 0 Å². The third-order valence-electron chi connectivity index (χ3n) is 7.09. The minimum Gasteiger partial charge on any atom is -0.324 e. The van der Waals surface area contributed by atoms with Crippen LogP contribution < -0.4 is 15.6 Å². The maximum absolute atomic E-state index is 13.4. The number of hydrogen-bond donors (Lipinski definition) is 2. The maximum atomic E-state index is 13.4. The van der Waals surface area contributed by atoms with Gasteiger partial charge in [-0.2, -0.15) is 4.98 Å². The third kappa shape index (κ3) is 5.51. The normalized spacial score (nSPS) is 14.6. The molecular weight excluding hydrogens is 528 g/mol. The van der Waals surface area contributed by atoms with Gasteiger partial charge in [0.1, 0.15) is 11.3 Å². The Balaban J connectivity index is 1.52. The number of benzene rings is 1. The van der Waals surface area contributed by atoms with Gasteiger partial charge in [-0.05, 0) is 62.7 Å². The molecule has 1 aliphatic heterocycles. The van der Waals surface area contributed by atoms with E-state index in [2.05, 4.69) is 46.8 Å². The highest BCUT2D eigenvalue weighted by Gasteiger charge is 2.23. The van der Waals surface area contributed by atoms with Gasteiger partial charge in [0, 0.05) is 48.3 Å². The lowest BCUT2D eigenvalue weighted by Gasteiger charge is -2.28. The Morgan fingerprint density at radius 1 is 1.07 bits per heavy atom. The van der Waals surface area contributed by atoms with Gasteiger partial charge in [0.15, 0.2) is 5.65 Å². The molecule has 1 aromatic carbocycles. The molecule has 0 saturated carbocycles. The predicted molar refractivity (Wildman–Crippen MR) is 157 cm³/mol. The van der Waals surface area contributed by atoms with Crippen molar-refractivity contribution in [3.05, 3.63) is 69.9 Å². The fourth-order valence-electron chi connectivity index (χ4n) is 4.97. The van der Waals surface area contributed by atoms with Crippen molar-refractivity contribution in [1.29, 1.82) is 0 Å². The van der Waals surface area contributed by atoms with Gasteiger partial charge in [0.2, 0.25) is 16.0 Å². The fraction of sp³-hybridized carbons (Fsp3) is 0.429. The summed E-state index contributed by atoms with van der Waals surface area (Å²) < 4.78 is 30.0. The summed E-state index contributed by atoms with van der Waals surface area (Å²) in [6.45, 7) is 11.4. The van der Waals surface area contributed by atoms with Crippen molar-refractivity contribution < 1.29 is 8.42 Å². The molecule has 0 atom stereocenters. The lowest BCUT2D eigenvalue weighted by molar-refractivity contribution is 0.292. The summed E-state index contributed by atoms with van der Waals surface area (Å²) in [4.78, 5) is 29.1. The third-order valence-corrected chi connectivity index (χ3v) is 8.41. The van der Waals surface area contributed by atoms with Gasteiger partial charge in [0.25, 0.3) is 5.56 Å². The molecule has 1 aliphatic rings. The second-order valence-corrected chi connectivity index (χ2v) is 13.4. The van der Waals surface area contributed by atoms with Crippen molar-refractivity contribution in [2.45, 2.75) is 59.0 Å². The molecule has 0 amide bonds. The predicted octanol–water partition coefficient (Wildman–Crippen LogP) is 3.46. The van der Waals surface area contributed by atoms with Crippen molar-refractivity contribution in [3.63, 3.8) is 0 Å². The fourth-order valence-corrected chi connectivity index (χ4v) is 5.80. The average Bonchev–Trinajstić information content (AvgIpc) is 3.19. The zero-order chi connectivity index (χ0) is 28.8. The SMILES string of the molecule is CNS(=O)(=O)CN1CCc2ccc(Nc3ncc4c(=O)n(C(C)C)n(-c5ccnc(C(C)(C)C)c5)c4n3)cc2C1. The Morgan fingerprint density at radius 2 is 1.85 bits per heavy atom. The highest BCUT2D eigenvalue weighted by atomic mass is 32.2. The summed E-state index contributed by atoms with van der Waals surface area (Å²) in [5, 5.41) is 3.72. The number of sulfonamides is 1. The van der Waals surface area contributed by atoms with Gasteiger partial charge in [0.05, 0.1) is 5.69 Å². The molecule has 0 radical (unpaired) electrons. The summed E-state index contributed by atoms with van der Waals surface area (Å²) in [5.41, 5.74) is 4.92. The average molecular weight is 565 g/mol. The Kier molecular flexibility index (Phi) is 7.28. The van der Waals surface area contributed by atoms with E-state index in [0.29, 0.717) is 30.1 Å². The van der Waals surface area contributed by atoms with Crippen LogP contribution in [0.15, 0.2) is 47.5 Å². The minimum absolute atomic E-state index is 0.0450. The molecule has 12 heteroatoms. The first-order chi connectivity index (χ1) is 18.9. The van der Waals surface area contributed by atoms with Gasteiger partial charge >= 0.3 is 0 Å². The van der Waals surface area contributed by atoms with Gasteiger partial charge in [-0.3, -0.25) is 14.7 Å². The standard InChI is InChI=1S/C28H36N8O3S/c1-18(2)35-26(37)23-15-31-27(33-25(23)36(35)22-9-11-30-24(14-22)28(3,4)5)32-21-8-7-19-10-12-34(16-20(19)13-21)17-40(38,39)29-6/h7-9,11,13-15,18,29H,10,12,16-17H2,1-6H3,(H,31,32,33). The second-order valence-electron chi connectivity index (χ2n) is 11.5. The lowest BCUT2D eigenvalue weighted by atomic mass is 9.91. The van der Waals surface area contributed by atoms with Crippen LogP contribution >= 0.6 is 0 Å². The molecule has 212 valence electrons. The molecule has 0 aliphatic carbocycles. The quantitative estimate of drug-likeness (QED) is 0.349. The summed E-state index contributed by atoms with van der Waals surface area (Å²) in [7, 11) is -1.91. The summed E-state index contributed by atoms with van der Waals surface area (Å²) in [6, 6.07) is 9.79. The van der Waals surface area contributed by atoms with Crippen LogP contribution in [-0.4, -0.2) is 57.1 Å². The monoisotopic (exact) mass is 564 g/mol. The molecule has 0 fully saturated rings. The van der Waals surface area contributed by atoms with Crippen LogP contribution in [0.1, 0.15) is 57.5 Å². The van der Waals surface area contributed by atoms with E-state index >= 15 is 0 Å². The van der Waals surface area contributed by atoms with E-state index < -0.39 is 10.0 Å². The van der Waals surface area contributed by atoms with E-state index in [1.807, 2.05) is 47.7 Å². The molecule has 0 bridgehead atoms. The van der Waals surface area contributed by atoms with E-state index in [9.17, 15) is 13.2 Å². The number of rotatable bonds is 7. The van der Waals surface area contributed by atoms with E-state index in [4.69, 9.17) is 4.98 Å². The van der Waals surface area contributed by atoms with Crippen LogP contribution in [0.5, 0.6) is 0 Å². The molecule has 40 heavy (non-hydrogen) atoms. The van der Waals surface area contributed by atoms with Crippen LogP contribution in [-0.2, 0) is 28.4 Å². The van der Waals surface area contributed by atoms with Crippen LogP contribution in [0.2, 0.25) is 0 Å².